The summed E-state index contributed by atoms with van der Waals surface area (Å²) in [4.78, 5) is 11.2. The fourth-order valence-corrected chi connectivity index (χ4v) is 3.46. The summed E-state index contributed by atoms with van der Waals surface area (Å²) >= 11 is 2.31. The van der Waals surface area contributed by atoms with Crippen LogP contribution in [0.2, 0.25) is 0 Å². The van der Waals surface area contributed by atoms with Gasteiger partial charge in [0.15, 0.2) is 0 Å². The number of carbonyl (C=O) groups excluding carboxylic acids is 1. The highest BCUT2D eigenvalue weighted by atomic mass is 127. The average Bonchev–Trinajstić information content (AvgIpc) is 2.43. The molecule has 1 atom stereocenters. The number of rotatable bonds is 1. The highest BCUT2D eigenvalue weighted by molar-refractivity contribution is 14.1. The lowest BCUT2D eigenvalue weighted by Crippen LogP contribution is -2.42. The Bertz CT molecular complexity index is 214. The molecule has 1 spiro atoms. The third-order valence-electron chi connectivity index (χ3n) is 3.19. The van der Waals surface area contributed by atoms with Crippen molar-refractivity contribution in [1.82, 2.24) is 5.32 Å². The van der Waals surface area contributed by atoms with Gasteiger partial charge in [-0.25, -0.2) is 0 Å². The van der Waals surface area contributed by atoms with Gasteiger partial charge in [-0.15, -0.1) is 0 Å². The largest absolute Gasteiger partial charge is 0.461 e. The van der Waals surface area contributed by atoms with E-state index in [4.69, 9.17) is 4.74 Å². The molecule has 0 aromatic rings. The lowest BCUT2D eigenvalue weighted by atomic mass is 9.74. The first-order chi connectivity index (χ1) is 6.27. The number of cyclic esters (lactones) is 1. The van der Waals surface area contributed by atoms with Crippen molar-refractivity contribution in [2.24, 2.45) is 5.41 Å². The number of piperidine rings is 1. The first-order valence-electron chi connectivity index (χ1n) is 4.73. The summed E-state index contributed by atoms with van der Waals surface area (Å²) in [5.41, 5.74) is 0.170. The fourth-order valence-electron chi connectivity index (χ4n) is 2.35. The quantitative estimate of drug-likeness (QED) is 0.447. The minimum absolute atomic E-state index is 0.00330. The fraction of sp³-hybridized carbons (Fsp3) is 0.889. The van der Waals surface area contributed by atoms with E-state index in [9.17, 15) is 4.79 Å². The predicted octanol–water partition coefficient (Wildman–Crippen LogP) is 1.11. The van der Waals surface area contributed by atoms with E-state index >= 15 is 0 Å². The van der Waals surface area contributed by atoms with Crippen molar-refractivity contribution in [3.05, 3.63) is 0 Å². The molecule has 0 radical (unpaired) electrons. The van der Waals surface area contributed by atoms with Crippen LogP contribution in [0.5, 0.6) is 0 Å². The molecule has 4 heteroatoms. The third kappa shape index (κ3) is 1.70. The maximum Gasteiger partial charge on any atom is 0.306 e. The molecule has 0 saturated carbocycles. The Morgan fingerprint density at radius 1 is 1.54 bits per heavy atom. The molecule has 2 aliphatic rings. The number of alkyl halides is 1. The van der Waals surface area contributed by atoms with Crippen molar-refractivity contribution < 1.29 is 9.53 Å². The molecule has 0 aromatic carbocycles. The van der Waals surface area contributed by atoms with Gasteiger partial charge in [0.05, 0.1) is 6.42 Å². The lowest BCUT2D eigenvalue weighted by Gasteiger charge is -2.35. The molecule has 1 N–H and O–H groups in total. The molecule has 0 bridgehead atoms. The van der Waals surface area contributed by atoms with Crippen LogP contribution >= 0.6 is 22.6 Å². The Morgan fingerprint density at radius 3 is 2.85 bits per heavy atom. The third-order valence-corrected chi connectivity index (χ3v) is 3.99. The summed E-state index contributed by atoms with van der Waals surface area (Å²) in [7, 11) is 0. The Balaban J connectivity index is 2.13. The molecule has 2 rings (SSSR count). The summed E-state index contributed by atoms with van der Waals surface area (Å²) in [5.74, 6) is 0.00330. The van der Waals surface area contributed by atoms with E-state index in [-0.39, 0.29) is 17.5 Å². The van der Waals surface area contributed by atoms with Crippen molar-refractivity contribution in [1.29, 1.82) is 0 Å². The summed E-state index contributed by atoms with van der Waals surface area (Å²) in [6.45, 7) is 2.06. The van der Waals surface area contributed by atoms with Crippen LogP contribution in [-0.4, -0.2) is 29.6 Å². The van der Waals surface area contributed by atoms with Crippen molar-refractivity contribution in [2.45, 2.75) is 25.4 Å². The first-order valence-corrected chi connectivity index (χ1v) is 6.26. The number of nitrogens with one attached hydrogen (secondary N) is 1. The molecule has 13 heavy (non-hydrogen) atoms. The van der Waals surface area contributed by atoms with Crippen LogP contribution in [0.4, 0.5) is 0 Å². The van der Waals surface area contributed by atoms with Gasteiger partial charge in [0, 0.05) is 9.84 Å². The van der Waals surface area contributed by atoms with Crippen LogP contribution in [0.1, 0.15) is 19.3 Å². The number of hydrogen-bond acceptors (Lipinski definition) is 3. The van der Waals surface area contributed by atoms with Gasteiger partial charge in [0.25, 0.3) is 0 Å². The van der Waals surface area contributed by atoms with Crippen LogP contribution < -0.4 is 5.32 Å². The second-order valence-electron chi connectivity index (χ2n) is 3.92. The standard InChI is InChI=1S/C9H14INO2/c10-6-7-9(5-8(12)13-7)1-3-11-4-2-9/h7,11H,1-6H2. The van der Waals surface area contributed by atoms with Crippen LogP contribution in [0.25, 0.3) is 0 Å². The molecule has 74 valence electrons. The van der Waals surface area contributed by atoms with Gasteiger partial charge < -0.3 is 10.1 Å². The molecule has 0 amide bonds. The highest BCUT2D eigenvalue weighted by Gasteiger charge is 2.48. The Kier molecular flexibility index (Phi) is 2.78. The summed E-state index contributed by atoms with van der Waals surface area (Å²) in [5, 5.41) is 3.33. The second-order valence-corrected chi connectivity index (χ2v) is 4.80. The lowest BCUT2D eigenvalue weighted by molar-refractivity contribution is -0.140. The molecule has 0 aliphatic carbocycles. The van der Waals surface area contributed by atoms with E-state index in [1.807, 2.05) is 0 Å². The normalized spacial score (nSPS) is 32.1. The molecular formula is C9H14INO2. The summed E-state index contributed by atoms with van der Waals surface area (Å²) in [6, 6.07) is 0. The minimum Gasteiger partial charge on any atom is -0.461 e. The number of halogens is 1. The number of hydrogen-bond donors (Lipinski definition) is 1. The Hall–Kier alpha value is 0.160. The van der Waals surface area contributed by atoms with Crippen LogP contribution in [0, 0.1) is 5.41 Å². The first kappa shape index (κ1) is 9.71. The molecule has 2 fully saturated rings. The van der Waals surface area contributed by atoms with Gasteiger partial charge in [0.2, 0.25) is 0 Å². The van der Waals surface area contributed by atoms with E-state index in [1.165, 1.54) is 0 Å². The Morgan fingerprint density at radius 2 is 2.23 bits per heavy atom. The van der Waals surface area contributed by atoms with Crippen LogP contribution in [0.3, 0.4) is 0 Å². The minimum atomic E-state index is 0.00330. The molecule has 3 nitrogen and oxygen atoms in total. The van der Waals surface area contributed by atoms with E-state index < -0.39 is 0 Å². The summed E-state index contributed by atoms with van der Waals surface area (Å²) in [6.07, 6.45) is 2.99. The van der Waals surface area contributed by atoms with Crippen molar-refractivity contribution >= 4 is 28.6 Å². The van der Waals surface area contributed by atoms with E-state index in [0.29, 0.717) is 6.42 Å². The van der Waals surface area contributed by atoms with Crippen LogP contribution in [0.15, 0.2) is 0 Å². The predicted molar refractivity (Wildman–Crippen MR) is 57.9 cm³/mol. The maximum atomic E-state index is 11.2. The van der Waals surface area contributed by atoms with Gasteiger partial charge in [-0.3, -0.25) is 4.79 Å². The van der Waals surface area contributed by atoms with Crippen molar-refractivity contribution in [2.75, 3.05) is 17.5 Å². The second kappa shape index (κ2) is 3.73. The average molecular weight is 295 g/mol. The van der Waals surface area contributed by atoms with E-state index in [1.54, 1.807) is 0 Å². The monoisotopic (exact) mass is 295 g/mol. The zero-order valence-corrected chi connectivity index (χ0v) is 9.67. The van der Waals surface area contributed by atoms with Gasteiger partial charge >= 0.3 is 5.97 Å². The highest BCUT2D eigenvalue weighted by Crippen LogP contribution is 2.43. The van der Waals surface area contributed by atoms with Gasteiger partial charge in [0.1, 0.15) is 6.10 Å². The van der Waals surface area contributed by atoms with Crippen molar-refractivity contribution in [3.63, 3.8) is 0 Å². The number of carbonyl (C=O) groups is 1. The van der Waals surface area contributed by atoms with Gasteiger partial charge in [-0.2, -0.15) is 0 Å². The topological polar surface area (TPSA) is 38.3 Å². The van der Waals surface area contributed by atoms with E-state index in [2.05, 4.69) is 27.9 Å². The van der Waals surface area contributed by atoms with Gasteiger partial charge in [-0.05, 0) is 25.9 Å². The SMILES string of the molecule is O=C1CC2(CCNCC2)C(CI)O1. The number of ether oxygens (including phenoxy) is 1. The molecule has 0 aromatic heterocycles. The molecular weight excluding hydrogens is 281 g/mol. The molecule has 2 saturated heterocycles. The zero-order chi connectivity index (χ0) is 9.31. The molecule has 2 aliphatic heterocycles. The molecule has 1 unspecified atom stereocenters. The zero-order valence-electron chi connectivity index (χ0n) is 7.51. The summed E-state index contributed by atoms with van der Waals surface area (Å²) < 4.78 is 6.26. The molecule has 2 heterocycles. The van der Waals surface area contributed by atoms with Gasteiger partial charge in [-0.1, -0.05) is 22.6 Å². The van der Waals surface area contributed by atoms with Crippen molar-refractivity contribution in [3.8, 4) is 0 Å². The van der Waals surface area contributed by atoms with Crippen LogP contribution in [-0.2, 0) is 9.53 Å². The number of esters is 1. The maximum absolute atomic E-state index is 11.2. The Labute approximate surface area is 91.7 Å². The van der Waals surface area contributed by atoms with E-state index in [0.717, 1.165) is 30.4 Å². The smallest absolute Gasteiger partial charge is 0.306 e.